The molecule has 26 heavy (non-hydrogen) atoms. The van der Waals surface area contributed by atoms with E-state index in [-0.39, 0.29) is 0 Å². The highest BCUT2D eigenvalue weighted by atomic mass is 32.1. The molecule has 0 nitrogen and oxygen atoms in total. The smallest absolute Gasteiger partial charge is 0.0424 e. The third-order valence-corrected chi connectivity index (χ3v) is 7.60. The predicted octanol–water partition coefficient (Wildman–Crippen LogP) is 8.19. The van der Waals surface area contributed by atoms with E-state index in [1.165, 1.54) is 62.2 Å². The number of rotatable bonds is 0. The summed E-state index contributed by atoms with van der Waals surface area (Å²) in [5.41, 5.74) is 0. The lowest BCUT2D eigenvalue weighted by atomic mass is 9.96. The fraction of sp³-hybridized carbons (Fsp3) is 0.0833. The molecule has 0 atom stereocenters. The molecular weight excluding hydrogens is 352 g/mol. The molecular formula is C24H16S2. The molecule has 0 unspecified atom stereocenters. The second-order valence-corrected chi connectivity index (χ2v) is 9.61. The van der Waals surface area contributed by atoms with Crippen LogP contribution >= 0.6 is 22.7 Å². The van der Waals surface area contributed by atoms with Crippen LogP contribution in [0.15, 0.2) is 60.7 Å². The number of hydrogen-bond donors (Lipinski definition) is 0. The highest BCUT2D eigenvalue weighted by molar-refractivity contribution is 7.20. The van der Waals surface area contributed by atoms with Gasteiger partial charge in [0.25, 0.3) is 0 Å². The van der Waals surface area contributed by atoms with Gasteiger partial charge in [-0.1, -0.05) is 48.5 Å². The summed E-state index contributed by atoms with van der Waals surface area (Å²) < 4.78 is 2.82. The zero-order valence-electron chi connectivity index (χ0n) is 14.6. The molecule has 0 spiro atoms. The van der Waals surface area contributed by atoms with Gasteiger partial charge >= 0.3 is 0 Å². The molecule has 2 aromatic heterocycles. The Bertz CT molecular complexity index is 1380. The Morgan fingerprint density at radius 1 is 0.462 bits per heavy atom. The molecule has 124 valence electrons. The molecule has 0 aliphatic carbocycles. The molecule has 2 heteroatoms. The highest BCUT2D eigenvalue weighted by Gasteiger charge is 2.11. The molecule has 0 bridgehead atoms. The van der Waals surface area contributed by atoms with Crippen molar-refractivity contribution in [1.29, 1.82) is 0 Å². The molecule has 2 heterocycles. The zero-order valence-corrected chi connectivity index (χ0v) is 16.2. The van der Waals surface area contributed by atoms with Gasteiger partial charge in [-0.15, -0.1) is 22.7 Å². The molecule has 0 radical (unpaired) electrons. The molecule has 4 aromatic carbocycles. The van der Waals surface area contributed by atoms with E-state index in [0.29, 0.717) is 0 Å². The van der Waals surface area contributed by atoms with E-state index in [4.69, 9.17) is 0 Å². The van der Waals surface area contributed by atoms with E-state index in [9.17, 15) is 0 Å². The minimum absolute atomic E-state index is 1.36. The molecule has 0 aliphatic rings. The maximum absolute atomic E-state index is 2.32. The molecule has 0 aliphatic heterocycles. The van der Waals surface area contributed by atoms with Gasteiger partial charge in [0.2, 0.25) is 0 Å². The van der Waals surface area contributed by atoms with E-state index >= 15 is 0 Å². The Kier molecular flexibility index (Phi) is 2.87. The van der Waals surface area contributed by atoms with Crippen LogP contribution in [-0.4, -0.2) is 0 Å². The van der Waals surface area contributed by atoms with Crippen LogP contribution in [0.2, 0.25) is 0 Å². The van der Waals surface area contributed by atoms with E-state index in [2.05, 4.69) is 74.5 Å². The Labute approximate surface area is 159 Å². The number of hydrogen-bond acceptors (Lipinski definition) is 2. The highest BCUT2D eigenvalue weighted by Crippen LogP contribution is 2.40. The van der Waals surface area contributed by atoms with Crippen molar-refractivity contribution in [3.8, 4) is 0 Å². The summed E-state index contributed by atoms with van der Waals surface area (Å²) in [7, 11) is 0. The van der Waals surface area contributed by atoms with Crippen LogP contribution in [0.3, 0.4) is 0 Å². The van der Waals surface area contributed by atoms with Gasteiger partial charge in [0.15, 0.2) is 0 Å². The van der Waals surface area contributed by atoms with Crippen LogP contribution in [0, 0.1) is 13.8 Å². The van der Waals surface area contributed by atoms with Gasteiger partial charge < -0.3 is 0 Å². The van der Waals surface area contributed by atoms with Gasteiger partial charge in [0.05, 0.1) is 0 Å². The Hall–Kier alpha value is -2.42. The SMILES string of the molecule is Cc1cc2ccc3c4ccc5c(ccc6cc(C)sc65)c4ccc3c2s1. The third-order valence-electron chi connectivity index (χ3n) is 5.40. The van der Waals surface area contributed by atoms with Gasteiger partial charge in [-0.2, -0.15) is 0 Å². The minimum atomic E-state index is 1.36. The monoisotopic (exact) mass is 368 g/mol. The van der Waals surface area contributed by atoms with Crippen molar-refractivity contribution < 1.29 is 0 Å². The van der Waals surface area contributed by atoms with E-state index in [1.54, 1.807) is 0 Å². The summed E-state index contributed by atoms with van der Waals surface area (Å²) in [6, 6.07) is 23.0. The molecule has 0 saturated carbocycles. The lowest BCUT2D eigenvalue weighted by Gasteiger charge is -2.09. The molecule has 0 amide bonds. The summed E-state index contributed by atoms with van der Waals surface area (Å²) in [6.07, 6.45) is 0. The summed E-state index contributed by atoms with van der Waals surface area (Å²) in [4.78, 5) is 2.75. The Morgan fingerprint density at radius 3 is 1.27 bits per heavy atom. The van der Waals surface area contributed by atoms with Crippen molar-refractivity contribution in [2.24, 2.45) is 0 Å². The lowest BCUT2D eigenvalue weighted by molar-refractivity contribution is 1.66. The summed E-state index contributed by atoms with van der Waals surface area (Å²) in [5.74, 6) is 0. The average Bonchev–Trinajstić information content (AvgIpc) is 3.21. The Balaban J connectivity index is 1.81. The molecule has 6 aromatic rings. The largest absolute Gasteiger partial charge is 0.140 e. The second-order valence-electron chi connectivity index (χ2n) is 7.10. The maximum atomic E-state index is 2.32. The Morgan fingerprint density at radius 2 is 0.808 bits per heavy atom. The fourth-order valence-corrected chi connectivity index (χ4v) is 6.37. The van der Waals surface area contributed by atoms with Crippen LogP contribution in [0.1, 0.15) is 9.75 Å². The van der Waals surface area contributed by atoms with Crippen LogP contribution in [-0.2, 0) is 0 Å². The third kappa shape index (κ3) is 1.89. The summed E-state index contributed by atoms with van der Waals surface area (Å²) in [6.45, 7) is 4.39. The van der Waals surface area contributed by atoms with E-state index in [1.807, 2.05) is 22.7 Å². The first-order valence-corrected chi connectivity index (χ1v) is 10.5. The van der Waals surface area contributed by atoms with Crippen molar-refractivity contribution in [2.75, 3.05) is 0 Å². The van der Waals surface area contributed by atoms with Gasteiger partial charge in [-0.25, -0.2) is 0 Å². The summed E-state index contributed by atoms with van der Waals surface area (Å²) in [5, 5.41) is 10.9. The maximum Gasteiger partial charge on any atom is 0.0424 e. The summed E-state index contributed by atoms with van der Waals surface area (Å²) >= 11 is 3.80. The van der Waals surface area contributed by atoms with Gasteiger partial charge in [-0.3, -0.25) is 0 Å². The topological polar surface area (TPSA) is 0 Å². The molecule has 6 rings (SSSR count). The molecule has 0 fully saturated rings. The first-order valence-electron chi connectivity index (χ1n) is 8.86. The van der Waals surface area contributed by atoms with Crippen LogP contribution in [0.5, 0.6) is 0 Å². The van der Waals surface area contributed by atoms with Gasteiger partial charge in [-0.05, 0) is 58.3 Å². The van der Waals surface area contributed by atoms with Crippen LogP contribution < -0.4 is 0 Å². The first-order chi connectivity index (χ1) is 12.7. The predicted molar refractivity (Wildman–Crippen MR) is 119 cm³/mol. The minimum Gasteiger partial charge on any atom is -0.140 e. The van der Waals surface area contributed by atoms with Crippen molar-refractivity contribution in [2.45, 2.75) is 13.8 Å². The van der Waals surface area contributed by atoms with Crippen LogP contribution in [0.25, 0.3) is 52.5 Å². The number of thiophene rings is 2. The van der Waals surface area contributed by atoms with Crippen molar-refractivity contribution in [3.05, 3.63) is 70.4 Å². The molecule has 0 saturated heterocycles. The number of aryl methyl sites for hydroxylation is 2. The van der Waals surface area contributed by atoms with E-state index in [0.717, 1.165) is 0 Å². The quantitative estimate of drug-likeness (QED) is 0.237. The van der Waals surface area contributed by atoms with E-state index < -0.39 is 0 Å². The zero-order chi connectivity index (χ0) is 17.4. The second kappa shape index (κ2) is 5.06. The number of benzene rings is 4. The van der Waals surface area contributed by atoms with Crippen molar-refractivity contribution in [1.82, 2.24) is 0 Å². The number of fused-ring (bicyclic) bond motifs is 9. The van der Waals surface area contributed by atoms with Crippen molar-refractivity contribution in [3.63, 3.8) is 0 Å². The average molecular weight is 369 g/mol. The molecule has 0 N–H and O–H groups in total. The van der Waals surface area contributed by atoms with Gasteiger partial charge in [0, 0.05) is 29.9 Å². The fourth-order valence-electron chi connectivity index (χ4n) is 4.29. The van der Waals surface area contributed by atoms with Crippen molar-refractivity contribution >= 4 is 75.2 Å². The lowest BCUT2D eigenvalue weighted by Crippen LogP contribution is -1.81. The standard InChI is InChI=1S/C24H16S2/c1-13-11-15-3-5-19-17-8-10-22-20(6-4-16-12-14(2)26-24(16)22)18(17)7-9-21(19)23(15)25-13/h3-12H,1-2H3. The first kappa shape index (κ1) is 14.7. The van der Waals surface area contributed by atoms with Crippen LogP contribution in [0.4, 0.5) is 0 Å². The normalized spacial score (nSPS) is 12.2. The van der Waals surface area contributed by atoms with Gasteiger partial charge in [0.1, 0.15) is 0 Å².